The number of anilines is 2. The molecule has 0 bridgehead atoms. The molecule has 3 aromatic carbocycles. The molecule has 1 aliphatic heterocycles. The first-order valence-corrected chi connectivity index (χ1v) is 11.4. The second-order valence-electron chi connectivity index (χ2n) is 8.12. The van der Waals surface area contributed by atoms with E-state index in [2.05, 4.69) is 20.4 Å². The molecule has 0 radical (unpaired) electrons. The van der Waals surface area contributed by atoms with Gasteiger partial charge in [-0.25, -0.2) is 4.39 Å². The van der Waals surface area contributed by atoms with Crippen LogP contribution >= 0.6 is 12.2 Å². The van der Waals surface area contributed by atoms with Crippen LogP contribution in [0, 0.1) is 12.7 Å². The second kappa shape index (κ2) is 10.6. The monoisotopic (exact) mass is 462 g/mol. The van der Waals surface area contributed by atoms with Crippen molar-refractivity contribution in [2.75, 3.05) is 36.4 Å². The lowest BCUT2D eigenvalue weighted by Crippen LogP contribution is -2.46. The number of hydrogen-bond donors (Lipinski definition) is 2. The summed E-state index contributed by atoms with van der Waals surface area (Å²) in [4.78, 5) is 17.0. The Bertz CT molecular complexity index is 1130. The maximum absolute atomic E-state index is 13.9. The van der Waals surface area contributed by atoms with Gasteiger partial charge in [0.1, 0.15) is 5.82 Å². The van der Waals surface area contributed by atoms with Gasteiger partial charge in [0.25, 0.3) is 5.91 Å². The number of piperazine rings is 1. The van der Waals surface area contributed by atoms with E-state index in [9.17, 15) is 9.18 Å². The summed E-state index contributed by atoms with van der Waals surface area (Å²) >= 11 is 5.30. The van der Waals surface area contributed by atoms with Gasteiger partial charge in [0, 0.05) is 55.2 Å². The molecule has 170 valence electrons. The summed E-state index contributed by atoms with van der Waals surface area (Å²) < 4.78 is 13.9. The minimum atomic E-state index is -0.226. The van der Waals surface area contributed by atoms with Gasteiger partial charge in [0.15, 0.2) is 5.11 Å². The Kier molecular flexibility index (Phi) is 7.32. The molecular weight excluding hydrogens is 435 g/mol. The van der Waals surface area contributed by atoms with Crippen molar-refractivity contribution in [2.24, 2.45) is 0 Å². The fraction of sp³-hybridized carbons (Fsp3) is 0.231. The summed E-state index contributed by atoms with van der Waals surface area (Å²) in [7, 11) is 0. The molecule has 1 heterocycles. The molecule has 0 spiro atoms. The van der Waals surface area contributed by atoms with E-state index in [1.807, 2.05) is 61.5 Å². The van der Waals surface area contributed by atoms with Crippen molar-refractivity contribution in [3.63, 3.8) is 0 Å². The normalized spacial score (nSPS) is 14.1. The molecule has 0 saturated carbocycles. The van der Waals surface area contributed by atoms with Crippen molar-refractivity contribution in [3.05, 3.63) is 95.3 Å². The SMILES string of the molecule is Cc1ccccc1C(=O)NC(=S)Nc1ccc(N2CCN(Cc3ccccc3F)CC2)cc1. The van der Waals surface area contributed by atoms with E-state index in [0.717, 1.165) is 48.7 Å². The minimum absolute atomic E-state index is 0.143. The van der Waals surface area contributed by atoms with E-state index >= 15 is 0 Å². The molecule has 4 rings (SSSR count). The molecule has 0 aliphatic carbocycles. The van der Waals surface area contributed by atoms with Crippen molar-refractivity contribution < 1.29 is 9.18 Å². The minimum Gasteiger partial charge on any atom is -0.369 e. The summed E-state index contributed by atoms with van der Waals surface area (Å²) in [5, 5.41) is 6.06. The molecule has 0 aromatic heterocycles. The van der Waals surface area contributed by atoms with Gasteiger partial charge in [-0.1, -0.05) is 36.4 Å². The highest BCUT2D eigenvalue weighted by Gasteiger charge is 2.18. The molecule has 3 aromatic rings. The number of halogens is 1. The lowest BCUT2D eigenvalue weighted by Gasteiger charge is -2.36. The summed E-state index contributed by atoms with van der Waals surface area (Å²) in [6, 6.07) is 22.3. The highest BCUT2D eigenvalue weighted by molar-refractivity contribution is 7.80. The molecular formula is C26H27FN4OS. The van der Waals surface area contributed by atoms with Crippen molar-refractivity contribution in [2.45, 2.75) is 13.5 Å². The Morgan fingerprint density at radius 1 is 0.939 bits per heavy atom. The van der Waals surface area contributed by atoms with E-state index in [-0.39, 0.29) is 16.8 Å². The van der Waals surface area contributed by atoms with Crippen molar-refractivity contribution in [3.8, 4) is 0 Å². The van der Waals surface area contributed by atoms with Gasteiger partial charge in [-0.05, 0) is 61.1 Å². The Morgan fingerprint density at radius 3 is 2.30 bits per heavy atom. The fourth-order valence-corrected chi connectivity index (χ4v) is 4.16. The van der Waals surface area contributed by atoms with Crippen LogP contribution in [0.15, 0.2) is 72.8 Å². The highest BCUT2D eigenvalue weighted by Crippen LogP contribution is 2.21. The number of amides is 1. The number of rotatable bonds is 5. The van der Waals surface area contributed by atoms with Crippen LogP contribution < -0.4 is 15.5 Å². The smallest absolute Gasteiger partial charge is 0.257 e. The lowest BCUT2D eigenvalue weighted by molar-refractivity contribution is 0.0977. The molecule has 5 nitrogen and oxygen atoms in total. The van der Waals surface area contributed by atoms with Crippen LogP contribution in [0.5, 0.6) is 0 Å². The quantitative estimate of drug-likeness (QED) is 0.544. The van der Waals surface area contributed by atoms with E-state index in [1.54, 1.807) is 12.1 Å². The topological polar surface area (TPSA) is 47.6 Å². The van der Waals surface area contributed by atoms with Crippen LogP contribution in [-0.4, -0.2) is 42.1 Å². The lowest BCUT2D eigenvalue weighted by atomic mass is 10.1. The molecule has 1 aliphatic rings. The third-order valence-electron chi connectivity index (χ3n) is 5.83. The number of carbonyl (C=O) groups is 1. The number of aryl methyl sites for hydroxylation is 1. The number of nitrogens with one attached hydrogen (secondary N) is 2. The largest absolute Gasteiger partial charge is 0.369 e. The van der Waals surface area contributed by atoms with Gasteiger partial charge in [-0.3, -0.25) is 15.0 Å². The van der Waals surface area contributed by atoms with Gasteiger partial charge in [-0.15, -0.1) is 0 Å². The molecule has 7 heteroatoms. The number of hydrogen-bond acceptors (Lipinski definition) is 4. The zero-order valence-corrected chi connectivity index (χ0v) is 19.4. The Labute approximate surface area is 199 Å². The van der Waals surface area contributed by atoms with Crippen molar-refractivity contribution >= 4 is 34.6 Å². The van der Waals surface area contributed by atoms with E-state index in [0.29, 0.717) is 12.1 Å². The van der Waals surface area contributed by atoms with Gasteiger partial charge >= 0.3 is 0 Å². The molecule has 1 fully saturated rings. The van der Waals surface area contributed by atoms with Crippen LogP contribution in [0.25, 0.3) is 0 Å². The number of benzene rings is 3. The van der Waals surface area contributed by atoms with Crippen LogP contribution in [-0.2, 0) is 6.54 Å². The molecule has 1 amide bonds. The fourth-order valence-electron chi connectivity index (χ4n) is 3.95. The first kappa shape index (κ1) is 22.9. The summed E-state index contributed by atoms with van der Waals surface area (Å²) in [5.41, 5.74) is 4.18. The zero-order chi connectivity index (χ0) is 23.2. The molecule has 33 heavy (non-hydrogen) atoms. The number of carbonyl (C=O) groups excluding carboxylic acids is 1. The predicted molar refractivity (Wildman–Crippen MR) is 135 cm³/mol. The van der Waals surface area contributed by atoms with E-state index in [1.165, 1.54) is 6.07 Å². The van der Waals surface area contributed by atoms with Crippen molar-refractivity contribution in [1.29, 1.82) is 0 Å². The average molecular weight is 463 g/mol. The molecule has 0 atom stereocenters. The number of thiocarbonyl (C=S) groups is 1. The highest BCUT2D eigenvalue weighted by atomic mass is 32.1. The summed E-state index contributed by atoms with van der Waals surface area (Å²) in [5.74, 6) is -0.369. The van der Waals surface area contributed by atoms with Crippen LogP contribution in [0.4, 0.5) is 15.8 Å². The average Bonchev–Trinajstić information content (AvgIpc) is 2.82. The van der Waals surface area contributed by atoms with Gasteiger partial charge in [0.05, 0.1) is 0 Å². The number of nitrogens with zero attached hydrogens (tertiary/aromatic N) is 2. The third kappa shape index (κ3) is 5.94. The maximum atomic E-state index is 13.9. The van der Waals surface area contributed by atoms with Crippen LogP contribution in [0.2, 0.25) is 0 Å². The first-order chi connectivity index (χ1) is 16.0. The maximum Gasteiger partial charge on any atom is 0.257 e. The second-order valence-corrected chi connectivity index (χ2v) is 8.53. The molecule has 0 unspecified atom stereocenters. The Balaban J connectivity index is 1.27. The Morgan fingerprint density at radius 2 is 1.61 bits per heavy atom. The van der Waals surface area contributed by atoms with E-state index < -0.39 is 0 Å². The van der Waals surface area contributed by atoms with Gasteiger partial charge in [-0.2, -0.15) is 0 Å². The first-order valence-electron chi connectivity index (χ1n) is 11.0. The zero-order valence-electron chi connectivity index (χ0n) is 18.6. The third-order valence-corrected chi connectivity index (χ3v) is 6.04. The van der Waals surface area contributed by atoms with Gasteiger partial charge < -0.3 is 10.2 Å². The Hall–Kier alpha value is -3.29. The van der Waals surface area contributed by atoms with Crippen LogP contribution in [0.1, 0.15) is 21.5 Å². The predicted octanol–water partition coefficient (Wildman–Crippen LogP) is 4.58. The molecule has 1 saturated heterocycles. The van der Waals surface area contributed by atoms with Crippen molar-refractivity contribution in [1.82, 2.24) is 10.2 Å². The summed E-state index contributed by atoms with van der Waals surface area (Å²) in [6.07, 6.45) is 0. The summed E-state index contributed by atoms with van der Waals surface area (Å²) in [6.45, 7) is 6.05. The van der Waals surface area contributed by atoms with E-state index in [4.69, 9.17) is 12.2 Å². The van der Waals surface area contributed by atoms with Gasteiger partial charge in [0.2, 0.25) is 0 Å². The standard InChI is InChI=1S/C26H27FN4OS/c1-19-6-2-4-8-23(19)25(32)29-26(33)28-21-10-12-22(13-11-21)31-16-14-30(15-17-31)18-20-7-3-5-9-24(20)27/h2-13H,14-18H2,1H3,(H2,28,29,32,33). The van der Waals surface area contributed by atoms with Crippen LogP contribution in [0.3, 0.4) is 0 Å². The molecule has 2 N–H and O–H groups in total.